The molecule has 190 valence electrons. The SMILES string of the molecule is COc1ccc(CC(=O)NC(=N)N[C@H](CC2CCCCC2)C(=O)NCC(C)C)c(OC)c1OC. The second kappa shape index (κ2) is 13.7. The fraction of sp³-hybridized carbons (Fsp3) is 0.640. The highest BCUT2D eigenvalue weighted by atomic mass is 16.5. The molecular weight excluding hydrogens is 436 g/mol. The molecule has 0 unspecified atom stereocenters. The van der Waals surface area contributed by atoms with Crippen molar-refractivity contribution in [3.05, 3.63) is 17.7 Å². The van der Waals surface area contributed by atoms with Crippen molar-refractivity contribution in [3.63, 3.8) is 0 Å². The van der Waals surface area contributed by atoms with Crippen molar-refractivity contribution < 1.29 is 23.8 Å². The Morgan fingerprint density at radius 1 is 1.03 bits per heavy atom. The van der Waals surface area contributed by atoms with E-state index in [0.717, 1.165) is 12.8 Å². The maximum atomic E-state index is 12.8. The van der Waals surface area contributed by atoms with E-state index in [4.69, 9.17) is 19.6 Å². The molecule has 1 saturated carbocycles. The molecule has 1 aliphatic carbocycles. The van der Waals surface area contributed by atoms with Gasteiger partial charge in [-0.1, -0.05) is 52.0 Å². The summed E-state index contributed by atoms with van der Waals surface area (Å²) in [6, 6.07) is 2.86. The molecule has 1 fully saturated rings. The minimum atomic E-state index is -0.565. The number of hydrogen-bond acceptors (Lipinski definition) is 6. The van der Waals surface area contributed by atoms with Gasteiger partial charge in [0.15, 0.2) is 17.5 Å². The number of hydrogen-bond donors (Lipinski definition) is 4. The van der Waals surface area contributed by atoms with Crippen molar-refractivity contribution in [2.45, 2.75) is 64.8 Å². The first-order valence-corrected chi connectivity index (χ1v) is 12.0. The van der Waals surface area contributed by atoms with E-state index >= 15 is 0 Å². The lowest BCUT2D eigenvalue weighted by molar-refractivity contribution is -0.123. The zero-order valence-corrected chi connectivity index (χ0v) is 21.1. The van der Waals surface area contributed by atoms with Gasteiger partial charge in [0, 0.05) is 12.1 Å². The van der Waals surface area contributed by atoms with Gasteiger partial charge < -0.3 is 24.8 Å². The second-order valence-electron chi connectivity index (χ2n) is 9.17. The predicted octanol–water partition coefficient (Wildman–Crippen LogP) is 3.01. The lowest BCUT2D eigenvalue weighted by Gasteiger charge is -2.27. The van der Waals surface area contributed by atoms with Crippen molar-refractivity contribution >= 4 is 17.8 Å². The molecule has 0 spiro atoms. The first kappa shape index (κ1) is 27.3. The largest absolute Gasteiger partial charge is 0.493 e. The van der Waals surface area contributed by atoms with Gasteiger partial charge >= 0.3 is 0 Å². The van der Waals surface area contributed by atoms with Crippen LogP contribution >= 0.6 is 0 Å². The zero-order chi connectivity index (χ0) is 25.1. The molecule has 0 radical (unpaired) electrons. The van der Waals surface area contributed by atoms with Crippen LogP contribution in [0.25, 0.3) is 0 Å². The van der Waals surface area contributed by atoms with Gasteiger partial charge in [0.2, 0.25) is 17.6 Å². The third-order valence-electron chi connectivity index (χ3n) is 6.01. The molecular formula is C25H40N4O5. The van der Waals surface area contributed by atoms with Gasteiger partial charge in [0.25, 0.3) is 0 Å². The molecule has 9 heteroatoms. The minimum Gasteiger partial charge on any atom is -0.493 e. The lowest BCUT2D eigenvalue weighted by Crippen LogP contribution is -2.52. The van der Waals surface area contributed by atoms with E-state index in [-0.39, 0.29) is 18.3 Å². The smallest absolute Gasteiger partial charge is 0.242 e. The van der Waals surface area contributed by atoms with Crippen molar-refractivity contribution in [2.75, 3.05) is 27.9 Å². The minimum absolute atomic E-state index is 0.0274. The third kappa shape index (κ3) is 8.11. The zero-order valence-electron chi connectivity index (χ0n) is 21.1. The Balaban J connectivity index is 2.03. The van der Waals surface area contributed by atoms with E-state index in [1.165, 1.54) is 40.6 Å². The summed E-state index contributed by atoms with van der Waals surface area (Å²) < 4.78 is 16.1. The van der Waals surface area contributed by atoms with Crippen LogP contribution in [-0.4, -0.2) is 51.7 Å². The monoisotopic (exact) mass is 476 g/mol. The number of benzene rings is 1. The topological polar surface area (TPSA) is 122 Å². The number of rotatable bonds is 11. The Hall–Kier alpha value is -2.97. The average Bonchev–Trinajstić information content (AvgIpc) is 2.82. The number of ether oxygens (including phenoxy) is 3. The molecule has 0 heterocycles. The molecule has 2 amide bonds. The number of carbonyl (C=O) groups excluding carboxylic acids is 2. The van der Waals surface area contributed by atoms with Crippen molar-refractivity contribution in [1.29, 1.82) is 5.41 Å². The van der Waals surface area contributed by atoms with Gasteiger partial charge in [-0.2, -0.15) is 0 Å². The number of guanidine groups is 1. The van der Waals surface area contributed by atoms with Crippen LogP contribution in [0.2, 0.25) is 0 Å². The highest BCUT2D eigenvalue weighted by Gasteiger charge is 2.26. The summed E-state index contributed by atoms with van der Waals surface area (Å²) in [7, 11) is 4.52. The Morgan fingerprint density at radius 3 is 2.29 bits per heavy atom. The highest BCUT2D eigenvalue weighted by molar-refractivity contribution is 5.98. The van der Waals surface area contributed by atoms with Crippen LogP contribution in [0.4, 0.5) is 0 Å². The van der Waals surface area contributed by atoms with Crippen LogP contribution in [-0.2, 0) is 16.0 Å². The van der Waals surface area contributed by atoms with E-state index < -0.39 is 11.9 Å². The van der Waals surface area contributed by atoms with Crippen LogP contribution in [0, 0.1) is 17.2 Å². The molecule has 1 atom stereocenters. The molecule has 0 saturated heterocycles. The molecule has 9 nitrogen and oxygen atoms in total. The van der Waals surface area contributed by atoms with Gasteiger partial charge in [-0.05, 0) is 24.3 Å². The fourth-order valence-corrected chi connectivity index (χ4v) is 4.28. The van der Waals surface area contributed by atoms with Crippen molar-refractivity contribution in [2.24, 2.45) is 11.8 Å². The molecule has 2 rings (SSSR count). The maximum Gasteiger partial charge on any atom is 0.242 e. The van der Waals surface area contributed by atoms with Crippen LogP contribution in [0.5, 0.6) is 17.2 Å². The molecule has 1 aromatic rings. The van der Waals surface area contributed by atoms with E-state index in [9.17, 15) is 9.59 Å². The first-order valence-electron chi connectivity index (χ1n) is 12.0. The van der Waals surface area contributed by atoms with Crippen LogP contribution < -0.4 is 30.2 Å². The highest BCUT2D eigenvalue weighted by Crippen LogP contribution is 2.39. The molecule has 1 aromatic carbocycles. The maximum absolute atomic E-state index is 12.8. The Labute approximate surface area is 202 Å². The van der Waals surface area contributed by atoms with Gasteiger partial charge in [0.1, 0.15) is 6.04 Å². The summed E-state index contributed by atoms with van der Waals surface area (Å²) in [5.41, 5.74) is 0.596. The number of carbonyl (C=O) groups is 2. The van der Waals surface area contributed by atoms with Gasteiger partial charge in [-0.3, -0.25) is 20.3 Å². The van der Waals surface area contributed by atoms with E-state index in [0.29, 0.717) is 47.6 Å². The Morgan fingerprint density at radius 2 is 1.71 bits per heavy atom. The summed E-state index contributed by atoms with van der Waals surface area (Å²) in [5.74, 6) is 1.34. The number of nitrogens with one attached hydrogen (secondary N) is 4. The third-order valence-corrected chi connectivity index (χ3v) is 6.01. The van der Waals surface area contributed by atoms with E-state index in [1.54, 1.807) is 12.1 Å². The van der Waals surface area contributed by atoms with Crippen LogP contribution in [0.3, 0.4) is 0 Å². The molecule has 0 aromatic heterocycles. The summed E-state index contributed by atoms with van der Waals surface area (Å²) in [4.78, 5) is 25.5. The normalized spacial score (nSPS) is 14.8. The van der Waals surface area contributed by atoms with Crippen molar-refractivity contribution in [3.8, 4) is 17.2 Å². The van der Waals surface area contributed by atoms with E-state index in [1.807, 2.05) is 13.8 Å². The van der Waals surface area contributed by atoms with Crippen molar-refractivity contribution in [1.82, 2.24) is 16.0 Å². The Kier molecular flexibility index (Phi) is 11.0. The molecule has 0 aliphatic heterocycles. The van der Waals surface area contributed by atoms with Crippen LogP contribution in [0.15, 0.2) is 12.1 Å². The predicted molar refractivity (Wildman–Crippen MR) is 132 cm³/mol. The fourth-order valence-electron chi connectivity index (χ4n) is 4.28. The standard InChI is InChI=1S/C25H40N4O5/c1-16(2)15-27-24(31)19(13-17-9-7-6-8-10-17)28-25(26)29-21(30)14-18-11-12-20(32-3)23(34-5)22(18)33-4/h11-12,16-17,19H,6-10,13-15H2,1-5H3,(H,27,31)(H3,26,28,29,30)/t19-/m1/s1. The first-order chi connectivity index (χ1) is 16.3. The summed E-state index contributed by atoms with van der Waals surface area (Å²) >= 11 is 0. The Bertz CT molecular complexity index is 837. The average molecular weight is 477 g/mol. The molecule has 1 aliphatic rings. The van der Waals surface area contributed by atoms with E-state index in [2.05, 4.69) is 16.0 Å². The van der Waals surface area contributed by atoms with Gasteiger partial charge in [-0.25, -0.2) is 0 Å². The number of methoxy groups -OCH3 is 3. The van der Waals surface area contributed by atoms with Gasteiger partial charge in [0.05, 0.1) is 27.8 Å². The number of amides is 2. The second-order valence-corrected chi connectivity index (χ2v) is 9.17. The molecule has 0 bridgehead atoms. The summed E-state index contributed by atoms with van der Waals surface area (Å²) in [6.45, 7) is 4.64. The quantitative estimate of drug-likeness (QED) is 0.288. The lowest BCUT2D eigenvalue weighted by atomic mass is 9.84. The van der Waals surface area contributed by atoms with Gasteiger partial charge in [-0.15, -0.1) is 0 Å². The summed E-state index contributed by atoms with van der Waals surface area (Å²) in [5, 5.41) is 16.7. The van der Waals surface area contributed by atoms with Crippen LogP contribution in [0.1, 0.15) is 57.9 Å². The molecule has 4 N–H and O–H groups in total. The molecule has 34 heavy (non-hydrogen) atoms. The summed E-state index contributed by atoms with van der Waals surface area (Å²) in [6.07, 6.45) is 6.38.